The molecule has 0 fully saturated rings. The summed E-state index contributed by atoms with van der Waals surface area (Å²) in [5.74, 6) is -3.09. The van der Waals surface area contributed by atoms with Crippen molar-refractivity contribution in [2.75, 3.05) is 24.7 Å². The van der Waals surface area contributed by atoms with E-state index >= 15 is 0 Å². The third-order valence-electron chi connectivity index (χ3n) is 11.8. The molecule has 0 radical (unpaired) electrons. The van der Waals surface area contributed by atoms with Gasteiger partial charge >= 0.3 is 11.9 Å². The Balaban J connectivity index is 0.962. The Kier molecular flexibility index (Phi) is 22.8. The van der Waals surface area contributed by atoms with E-state index in [0.29, 0.717) is 35.2 Å². The average molecular weight is 937 g/mol. The number of ketones is 2. The van der Waals surface area contributed by atoms with Gasteiger partial charge in [0.05, 0.1) is 32.9 Å². The number of primary amides is 2. The molecule has 0 saturated heterocycles. The first kappa shape index (κ1) is 52.7. The second-order valence-corrected chi connectivity index (χ2v) is 19.3. The summed E-state index contributed by atoms with van der Waals surface area (Å²) in [6.45, 7) is 3.79. The Morgan fingerprint density at radius 2 is 0.800 bits per heavy atom. The van der Waals surface area contributed by atoms with Crippen LogP contribution in [0.4, 0.5) is 0 Å². The van der Waals surface area contributed by atoms with Gasteiger partial charge in [0.1, 0.15) is 11.5 Å². The van der Waals surface area contributed by atoms with Gasteiger partial charge in [0.2, 0.25) is 0 Å². The van der Waals surface area contributed by atoms with Gasteiger partial charge in [-0.1, -0.05) is 130 Å². The largest absolute Gasteiger partial charge is 0.481 e. The molecule has 14 nitrogen and oxygen atoms in total. The second kappa shape index (κ2) is 28.2. The van der Waals surface area contributed by atoms with E-state index in [4.69, 9.17) is 31.2 Å². The van der Waals surface area contributed by atoms with Crippen LogP contribution in [-0.4, -0.2) is 79.4 Å². The number of hydrogen-bond donors (Lipinski definition) is 4. The molecule has 6 N–H and O–H groups in total. The van der Waals surface area contributed by atoms with Crippen molar-refractivity contribution in [2.24, 2.45) is 11.5 Å². The molecule has 0 bridgehead atoms. The molecule has 356 valence electrons. The number of fused-ring (bicyclic) bond motifs is 2. The van der Waals surface area contributed by atoms with E-state index in [0.717, 1.165) is 49.6 Å². The van der Waals surface area contributed by atoms with Crippen LogP contribution in [0.25, 0.3) is 21.8 Å². The van der Waals surface area contributed by atoms with Crippen LogP contribution in [0.1, 0.15) is 154 Å². The highest BCUT2D eigenvalue weighted by molar-refractivity contribution is 8.76. The number of hydrogen-bond acceptors (Lipinski definition) is 10. The van der Waals surface area contributed by atoms with Crippen LogP contribution in [0.5, 0.6) is 11.5 Å². The zero-order valence-electron chi connectivity index (χ0n) is 38.2. The van der Waals surface area contributed by atoms with Gasteiger partial charge in [0.25, 0.3) is 23.4 Å². The Morgan fingerprint density at radius 1 is 0.492 bits per heavy atom. The summed E-state index contributed by atoms with van der Waals surface area (Å²) >= 11 is 0. The lowest BCUT2D eigenvalue weighted by Gasteiger charge is -2.09. The number of carbonyl (C=O) groups excluding carboxylic acids is 4. The number of unbranched alkanes of at least 4 members (excludes halogenated alkanes) is 17. The van der Waals surface area contributed by atoms with Crippen molar-refractivity contribution in [3.63, 3.8) is 0 Å². The van der Waals surface area contributed by atoms with E-state index in [1.807, 2.05) is 42.9 Å². The van der Waals surface area contributed by atoms with E-state index in [9.17, 15) is 28.8 Å². The van der Waals surface area contributed by atoms with Crippen molar-refractivity contribution >= 4 is 78.7 Å². The number of Topliss-reactive ketones (excluding diaryl/α,β-unsaturated/α-hetero) is 2. The number of carbonyl (C=O) groups is 6. The van der Waals surface area contributed by atoms with E-state index in [-0.39, 0.29) is 22.6 Å². The molecule has 0 spiro atoms. The maximum Gasteiger partial charge on any atom is 0.341 e. The number of carboxylic acid groups (broad SMARTS) is 2. The molecule has 2 amide bonds. The van der Waals surface area contributed by atoms with Gasteiger partial charge in [0, 0.05) is 36.0 Å². The lowest BCUT2D eigenvalue weighted by molar-refractivity contribution is -0.140. The normalized spacial score (nSPS) is 11.4. The first-order valence-corrected chi connectivity index (χ1v) is 25.7. The zero-order valence-corrected chi connectivity index (χ0v) is 39.8. The van der Waals surface area contributed by atoms with Crippen LogP contribution >= 0.6 is 21.6 Å². The highest BCUT2D eigenvalue weighted by Crippen LogP contribution is 2.36. The van der Waals surface area contributed by atoms with Crippen molar-refractivity contribution < 1.29 is 48.5 Å². The lowest BCUT2D eigenvalue weighted by Crippen LogP contribution is -2.24. The zero-order chi connectivity index (χ0) is 47.1. The van der Waals surface area contributed by atoms with Crippen LogP contribution < -0.4 is 20.9 Å². The SMILES string of the molecule is Cc1c(C(=O)C(N)=O)c2c(OCC(=O)O)cccc2n1CCCCCCCCCCCCSSCCCCCCCCCCCn1c(C)c(C(=O)C(N)=O)c2c(OCC(=O)O)cccc21. The summed E-state index contributed by atoms with van der Waals surface area (Å²) in [7, 11) is 4.02. The Hall–Kier alpha value is -4.96. The number of nitrogens with zero attached hydrogens (tertiary/aromatic N) is 2. The predicted molar refractivity (Wildman–Crippen MR) is 259 cm³/mol. The van der Waals surface area contributed by atoms with Crippen LogP contribution in [-0.2, 0) is 32.3 Å². The maximum atomic E-state index is 12.8. The van der Waals surface area contributed by atoms with Gasteiger partial charge in [-0.2, -0.15) is 0 Å². The molecule has 2 aromatic carbocycles. The van der Waals surface area contributed by atoms with Gasteiger partial charge in [0.15, 0.2) is 13.2 Å². The molecule has 0 aliphatic rings. The fourth-order valence-electron chi connectivity index (χ4n) is 8.51. The van der Waals surface area contributed by atoms with Crippen molar-refractivity contribution in [1.29, 1.82) is 0 Å². The molecule has 4 aromatic rings. The second-order valence-electron chi connectivity index (χ2n) is 16.6. The summed E-state index contributed by atoms with van der Waals surface area (Å²) in [6, 6.07) is 10.4. The average Bonchev–Trinajstić information content (AvgIpc) is 3.72. The van der Waals surface area contributed by atoms with Gasteiger partial charge in [-0.05, 0) is 63.8 Å². The molecule has 2 aromatic heterocycles. The number of aryl methyl sites for hydroxylation is 2. The smallest absolute Gasteiger partial charge is 0.341 e. The molecule has 0 aliphatic carbocycles. The number of aromatic nitrogens is 2. The van der Waals surface area contributed by atoms with Gasteiger partial charge in [-0.25, -0.2) is 9.59 Å². The highest BCUT2D eigenvalue weighted by Gasteiger charge is 2.27. The third kappa shape index (κ3) is 16.2. The van der Waals surface area contributed by atoms with Gasteiger partial charge in [-0.15, -0.1) is 0 Å². The third-order valence-corrected chi connectivity index (χ3v) is 14.4. The first-order valence-electron chi connectivity index (χ1n) is 23.2. The summed E-state index contributed by atoms with van der Waals surface area (Å²) < 4.78 is 14.9. The summed E-state index contributed by atoms with van der Waals surface area (Å²) in [5.41, 5.74) is 13.8. The molecule has 0 saturated carbocycles. The van der Waals surface area contributed by atoms with E-state index in [1.165, 1.54) is 95.0 Å². The van der Waals surface area contributed by atoms with Crippen molar-refractivity contribution in [3.05, 3.63) is 58.9 Å². The van der Waals surface area contributed by atoms with Crippen LogP contribution in [0.2, 0.25) is 0 Å². The van der Waals surface area contributed by atoms with Crippen LogP contribution in [0.3, 0.4) is 0 Å². The Morgan fingerprint density at radius 3 is 1.11 bits per heavy atom. The highest BCUT2D eigenvalue weighted by atomic mass is 33.1. The number of nitrogens with two attached hydrogens (primary N) is 2. The minimum atomic E-state index is -1.13. The molecule has 0 atom stereocenters. The van der Waals surface area contributed by atoms with E-state index in [1.54, 1.807) is 38.1 Å². The van der Waals surface area contributed by atoms with Crippen LogP contribution in [0, 0.1) is 13.8 Å². The monoisotopic (exact) mass is 936 g/mol. The van der Waals surface area contributed by atoms with E-state index in [2.05, 4.69) is 0 Å². The molecule has 0 aliphatic heterocycles. The molecular weight excluding hydrogens is 869 g/mol. The molecular formula is C49H68N4O10S2. The minimum absolute atomic E-state index is 0.177. The molecule has 4 rings (SSSR count). The maximum absolute atomic E-state index is 12.8. The standard InChI is InChI=1S/C49H68N4O10S2/c1-34-42(46(58)48(50)60)44-36(24-22-26-38(44)62-32-40(54)55)52(34)28-18-14-10-6-3-4-8-12-16-20-30-64-65-31-21-17-13-9-5-7-11-15-19-29-53-35(2)43(47(59)49(51)61)45-37(53)25-23-27-39(45)63-33-41(56)57/h22-27H,3-21,28-33H2,1-2H3,(H2,50,60)(H2,51,61)(H,54,55)(H,56,57). The molecule has 16 heteroatoms. The predicted octanol–water partition coefficient (Wildman–Crippen LogP) is 9.97. The summed E-state index contributed by atoms with van der Waals surface area (Å²) in [5, 5.41) is 19.0. The summed E-state index contributed by atoms with van der Waals surface area (Å²) in [4.78, 5) is 71.5. The number of rotatable bonds is 36. The minimum Gasteiger partial charge on any atom is -0.481 e. The number of carboxylic acids is 2. The van der Waals surface area contributed by atoms with Crippen LogP contribution in [0.15, 0.2) is 36.4 Å². The number of amides is 2. The van der Waals surface area contributed by atoms with Gasteiger partial charge in [-0.3, -0.25) is 19.2 Å². The summed E-state index contributed by atoms with van der Waals surface area (Å²) in [6.07, 6.45) is 22.5. The fraction of sp³-hybridized carbons (Fsp3) is 0.551. The van der Waals surface area contributed by atoms with Crippen molar-refractivity contribution in [3.8, 4) is 11.5 Å². The van der Waals surface area contributed by atoms with E-state index < -0.39 is 48.5 Å². The topological polar surface area (TPSA) is 223 Å². The Bertz CT molecular complexity index is 2080. The quantitative estimate of drug-likeness (QED) is 0.0145. The molecule has 65 heavy (non-hydrogen) atoms. The number of aliphatic carboxylic acids is 2. The number of benzene rings is 2. The first-order chi connectivity index (χ1) is 31.3. The fourth-order valence-corrected chi connectivity index (χ4v) is 10.8. The van der Waals surface area contributed by atoms with Crippen molar-refractivity contribution in [2.45, 2.75) is 149 Å². The molecule has 0 unspecified atom stereocenters. The van der Waals surface area contributed by atoms with Crippen molar-refractivity contribution in [1.82, 2.24) is 9.13 Å². The molecule has 2 heterocycles. The Labute approximate surface area is 390 Å². The number of ether oxygens (including phenoxy) is 2. The van der Waals surface area contributed by atoms with Gasteiger partial charge < -0.3 is 40.3 Å². The lowest BCUT2D eigenvalue weighted by atomic mass is 10.1.